The summed E-state index contributed by atoms with van der Waals surface area (Å²) >= 11 is 7.01. The first-order valence-corrected chi connectivity index (χ1v) is 7.94. The van der Waals surface area contributed by atoms with E-state index in [4.69, 9.17) is 0 Å². The van der Waals surface area contributed by atoms with Gasteiger partial charge in [-0.15, -0.1) is 0 Å². The highest BCUT2D eigenvalue weighted by atomic mass is 79.9. The van der Waals surface area contributed by atoms with Gasteiger partial charge in [-0.25, -0.2) is 0 Å². The second-order valence-electron chi connectivity index (χ2n) is 4.60. The number of rotatable bonds is 5. The Labute approximate surface area is 131 Å². The standard InChI is InChI=1S/C16H17Br2N/c1-12-4-2-3-5-14(12)8-9-19-11-13-6-7-15(17)16(18)10-13/h2-7,10,19H,8-9,11H2,1H3. The summed E-state index contributed by atoms with van der Waals surface area (Å²) in [6, 6.07) is 14.9. The first-order valence-electron chi connectivity index (χ1n) is 6.36. The Bertz CT molecular complexity index is 552. The third-order valence-electron chi connectivity index (χ3n) is 3.15. The predicted octanol–water partition coefficient (Wildman–Crippen LogP) is 4.85. The summed E-state index contributed by atoms with van der Waals surface area (Å²) in [4.78, 5) is 0. The average Bonchev–Trinajstić information content (AvgIpc) is 2.40. The molecule has 0 unspecified atom stereocenters. The molecular weight excluding hydrogens is 366 g/mol. The van der Waals surface area contributed by atoms with Crippen LogP contribution in [-0.4, -0.2) is 6.54 Å². The topological polar surface area (TPSA) is 12.0 Å². The van der Waals surface area contributed by atoms with Crippen molar-refractivity contribution in [2.75, 3.05) is 6.54 Å². The van der Waals surface area contributed by atoms with Crippen LogP contribution in [0, 0.1) is 6.92 Å². The van der Waals surface area contributed by atoms with Crippen molar-refractivity contribution in [3.8, 4) is 0 Å². The van der Waals surface area contributed by atoms with Gasteiger partial charge in [0.1, 0.15) is 0 Å². The van der Waals surface area contributed by atoms with Crippen LogP contribution in [0.2, 0.25) is 0 Å². The maximum Gasteiger partial charge on any atom is 0.0320 e. The molecule has 0 aliphatic carbocycles. The van der Waals surface area contributed by atoms with Crippen LogP contribution in [0.4, 0.5) is 0 Å². The van der Waals surface area contributed by atoms with Crippen LogP contribution < -0.4 is 5.32 Å². The zero-order valence-electron chi connectivity index (χ0n) is 10.9. The second kappa shape index (κ2) is 7.22. The highest BCUT2D eigenvalue weighted by Crippen LogP contribution is 2.23. The van der Waals surface area contributed by atoms with E-state index in [1.165, 1.54) is 16.7 Å². The molecule has 1 nitrogen and oxygen atoms in total. The summed E-state index contributed by atoms with van der Waals surface area (Å²) in [5, 5.41) is 3.49. The Balaban J connectivity index is 1.81. The SMILES string of the molecule is Cc1ccccc1CCNCc1ccc(Br)c(Br)c1. The quantitative estimate of drug-likeness (QED) is 0.728. The molecule has 0 aromatic heterocycles. The van der Waals surface area contributed by atoms with E-state index in [1.807, 2.05) is 0 Å². The van der Waals surface area contributed by atoms with E-state index in [9.17, 15) is 0 Å². The largest absolute Gasteiger partial charge is 0.312 e. The van der Waals surface area contributed by atoms with E-state index in [0.717, 1.165) is 28.5 Å². The van der Waals surface area contributed by atoms with E-state index >= 15 is 0 Å². The van der Waals surface area contributed by atoms with Crippen molar-refractivity contribution in [3.63, 3.8) is 0 Å². The first-order chi connectivity index (χ1) is 9.16. The lowest BCUT2D eigenvalue weighted by Crippen LogP contribution is -2.17. The summed E-state index contributed by atoms with van der Waals surface area (Å²) in [6.45, 7) is 4.07. The number of benzene rings is 2. The molecule has 2 rings (SSSR count). The van der Waals surface area contributed by atoms with Crippen molar-refractivity contribution < 1.29 is 0 Å². The summed E-state index contributed by atoms with van der Waals surface area (Å²) in [6.07, 6.45) is 1.07. The molecule has 3 heteroatoms. The predicted molar refractivity (Wildman–Crippen MR) is 88.4 cm³/mol. The van der Waals surface area contributed by atoms with Crippen LogP contribution in [0.3, 0.4) is 0 Å². The third kappa shape index (κ3) is 4.44. The molecule has 100 valence electrons. The van der Waals surface area contributed by atoms with Gasteiger partial charge in [-0.05, 0) is 80.6 Å². The van der Waals surface area contributed by atoms with Crippen LogP contribution in [0.25, 0.3) is 0 Å². The average molecular weight is 383 g/mol. The fourth-order valence-corrected chi connectivity index (χ4v) is 2.67. The van der Waals surface area contributed by atoms with Gasteiger partial charge >= 0.3 is 0 Å². The molecular formula is C16H17Br2N. The molecule has 0 fully saturated rings. The van der Waals surface area contributed by atoms with E-state index in [2.05, 4.69) is 86.6 Å². The van der Waals surface area contributed by atoms with Crippen LogP contribution in [0.5, 0.6) is 0 Å². The van der Waals surface area contributed by atoms with Gasteiger partial charge in [0.25, 0.3) is 0 Å². The zero-order chi connectivity index (χ0) is 13.7. The Morgan fingerprint density at radius 3 is 2.53 bits per heavy atom. The van der Waals surface area contributed by atoms with Crippen molar-refractivity contribution >= 4 is 31.9 Å². The Morgan fingerprint density at radius 1 is 1.00 bits per heavy atom. The third-order valence-corrected chi connectivity index (χ3v) is 5.03. The molecule has 0 heterocycles. The molecule has 2 aromatic rings. The number of halogens is 2. The van der Waals surface area contributed by atoms with E-state index in [0.29, 0.717) is 0 Å². The number of aryl methyl sites for hydroxylation is 1. The summed E-state index contributed by atoms with van der Waals surface area (Å²) in [7, 11) is 0. The zero-order valence-corrected chi connectivity index (χ0v) is 14.1. The van der Waals surface area contributed by atoms with Crippen LogP contribution >= 0.6 is 31.9 Å². The molecule has 0 aliphatic heterocycles. The lowest BCUT2D eigenvalue weighted by Gasteiger charge is -2.08. The highest BCUT2D eigenvalue weighted by molar-refractivity contribution is 9.13. The van der Waals surface area contributed by atoms with E-state index in [1.54, 1.807) is 0 Å². The molecule has 0 atom stereocenters. The minimum atomic E-state index is 0.901. The smallest absolute Gasteiger partial charge is 0.0320 e. The summed E-state index contributed by atoms with van der Waals surface area (Å²) in [5.41, 5.74) is 4.09. The molecule has 1 N–H and O–H groups in total. The molecule has 19 heavy (non-hydrogen) atoms. The van der Waals surface area contributed by atoms with Crippen LogP contribution in [0.15, 0.2) is 51.4 Å². The Morgan fingerprint density at radius 2 is 1.79 bits per heavy atom. The van der Waals surface area contributed by atoms with Gasteiger partial charge in [0, 0.05) is 15.5 Å². The van der Waals surface area contributed by atoms with Gasteiger partial charge in [-0.2, -0.15) is 0 Å². The van der Waals surface area contributed by atoms with Crippen molar-refractivity contribution in [1.29, 1.82) is 0 Å². The van der Waals surface area contributed by atoms with E-state index < -0.39 is 0 Å². The Hall–Kier alpha value is -0.640. The lowest BCUT2D eigenvalue weighted by atomic mass is 10.1. The number of hydrogen-bond acceptors (Lipinski definition) is 1. The molecule has 0 saturated carbocycles. The lowest BCUT2D eigenvalue weighted by molar-refractivity contribution is 0.685. The van der Waals surface area contributed by atoms with Crippen molar-refractivity contribution in [2.24, 2.45) is 0 Å². The van der Waals surface area contributed by atoms with Crippen molar-refractivity contribution in [2.45, 2.75) is 19.9 Å². The monoisotopic (exact) mass is 381 g/mol. The van der Waals surface area contributed by atoms with Gasteiger partial charge in [0.05, 0.1) is 0 Å². The van der Waals surface area contributed by atoms with Gasteiger partial charge in [-0.1, -0.05) is 30.3 Å². The van der Waals surface area contributed by atoms with E-state index in [-0.39, 0.29) is 0 Å². The fourth-order valence-electron chi connectivity index (χ4n) is 2.00. The van der Waals surface area contributed by atoms with Crippen LogP contribution in [0.1, 0.15) is 16.7 Å². The normalized spacial score (nSPS) is 10.7. The molecule has 0 saturated heterocycles. The molecule has 0 aliphatic rings. The molecule has 0 bridgehead atoms. The summed E-state index contributed by atoms with van der Waals surface area (Å²) in [5.74, 6) is 0. The molecule has 0 radical (unpaired) electrons. The second-order valence-corrected chi connectivity index (χ2v) is 6.31. The minimum absolute atomic E-state index is 0.901. The van der Waals surface area contributed by atoms with Gasteiger partial charge in [0.2, 0.25) is 0 Å². The van der Waals surface area contributed by atoms with Crippen LogP contribution in [-0.2, 0) is 13.0 Å². The van der Waals surface area contributed by atoms with Gasteiger partial charge in [-0.3, -0.25) is 0 Å². The Kier molecular flexibility index (Phi) is 5.61. The highest BCUT2D eigenvalue weighted by Gasteiger charge is 1.99. The maximum atomic E-state index is 3.53. The summed E-state index contributed by atoms with van der Waals surface area (Å²) < 4.78 is 2.20. The maximum absolute atomic E-state index is 3.53. The minimum Gasteiger partial charge on any atom is -0.312 e. The molecule has 2 aromatic carbocycles. The number of hydrogen-bond donors (Lipinski definition) is 1. The molecule has 0 amide bonds. The van der Waals surface area contributed by atoms with Crippen molar-refractivity contribution in [3.05, 3.63) is 68.1 Å². The van der Waals surface area contributed by atoms with Crippen molar-refractivity contribution in [1.82, 2.24) is 5.32 Å². The molecule has 0 spiro atoms. The van der Waals surface area contributed by atoms with Gasteiger partial charge < -0.3 is 5.32 Å². The fraction of sp³-hybridized carbons (Fsp3) is 0.250. The number of nitrogens with one attached hydrogen (secondary N) is 1. The van der Waals surface area contributed by atoms with Gasteiger partial charge in [0.15, 0.2) is 0 Å². The first kappa shape index (κ1) is 14.8.